The van der Waals surface area contributed by atoms with Gasteiger partial charge in [0.1, 0.15) is 5.56 Å². The number of methoxy groups -OCH3 is 1. The van der Waals surface area contributed by atoms with Crippen LogP contribution in [0.1, 0.15) is 35.5 Å². The van der Waals surface area contributed by atoms with Crippen LogP contribution in [0.4, 0.5) is 5.82 Å². The number of aromatic nitrogens is 2. The van der Waals surface area contributed by atoms with Crippen molar-refractivity contribution in [3.8, 4) is 0 Å². The zero-order chi connectivity index (χ0) is 14.4. The summed E-state index contributed by atoms with van der Waals surface area (Å²) in [5, 5.41) is 17.7. The maximum atomic E-state index is 11.5. The summed E-state index contributed by atoms with van der Waals surface area (Å²) in [6, 6.07) is 0. The molecule has 0 fully saturated rings. The Bertz CT molecular complexity index is 449. The van der Waals surface area contributed by atoms with Gasteiger partial charge in [-0.05, 0) is 18.4 Å². The van der Waals surface area contributed by atoms with Crippen LogP contribution in [0.15, 0.2) is 0 Å². The Labute approximate surface area is 113 Å². The Kier molecular flexibility index (Phi) is 5.69. The first kappa shape index (κ1) is 15.4. The summed E-state index contributed by atoms with van der Waals surface area (Å²) < 4.78 is 5.00. The second-order valence-corrected chi connectivity index (χ2v) is 4.25. The summed E-state index contributed by atoms with van der Waals surface area (Å²) >= 11 is 0. The van der Waals surface area contributed by atoms with Crippen molar-refractivity contribution < 1.29 is 14.6 Å². The van der Waals surface area contributed by atoms with Crippen LogP contribution in [-0.4, -0.2) is 48.6 Å². The fourth-order valence-corrected chi connectivity index (χ4v) is 1.99. The second kappa shape index (κ2) is 7.04. The van der Waals surface area contributed by atoms with Crippen molar-refractivity contribution in [2.75, 3.05) is 32.2 Å². The lowest BCUT2D eigenvalue weighted by atomic mass is 10.0. The summed E-state index contributed by atoms with van der Waals surface area (Å²) in [6.45, 7) is 4.96. The molecule has 19 heavy (non-hydrogen) atoms. The number of aromatic carboxylic acids is 1. The molecule has 0 aliphatic heterocycles. The number of nitrogens with zero attached hydrogens (tertiary/aromatic N) is 3. The average Bonchev–Trinajstić information content (AvgIpc) is 2.42. The van der Waals surface area contributed by atoms with Crippen LogP contribution in [-0.2, 0) is 17.6 Å². The van der Waals surface area contributed by atoms with Gasteiger partial charge in [0, 0.05) is 20.7 Å². The minimum atomic E-state index is -0.958. The SMILES string of the molecule is CCc1nnc(N(C)CCOC)c(C(=O)O)c1CC. The van der Waals surface area contributed by atoms with Crippen molar-refractivity contribution >= 4 is 11.8 Å². The van der Waals surface area contributed by atoms with Crippen molar-refractivity contribution in [3.05, 3.63) is 16.8 Å². The number of hydrogen-bond acceptors (Lipinski definition) is 5. The molecule has 0 aromatic carbocycles. The van der Waals surface area contributed by atoms with Crippen molar-refractivity contribution in [1.29, 1.82) is 0 Å². The molecular formula is C13H21N3O3. The smallest absolute Gasteiger partial charge is 0.339 e. The van der Waals surface area contributed by atoms with Gasteiger partial charge in [0.15, 0.2) is 5.82 Å². The number of carboxylic acids is 1. The Morgan fingerprint density at radius 2 is 2.00 bits per heavy atom. The number of carboxylic acid groups (broad SMARTS) is 1. The largest absolute Gasteiger partial charge is 0.478 e. The highest BCUT2D eigenvalue weighted by molar-refractivity contribution is 5.95. The van der Waals surface area contributed by atoms with E-state index >= 15 is 0 Å². The van der Waals surface area contributed by atoms with Crippen LogP contribution in [0, 0.1) is 0 Å². The van der Waals surface area contributed by atoms with E-state index in [0.29, 0.717) is 31.8 Å². The third kappa shape index (κ3) is 3.41. The van der Waals surface area contributed by atoms with E-state index in [4.69, 9.17) is 4.74 Å². The Morgan fingerprint density at radius 3 is 2.47 bits per heavy atom. The van der Waals surface area contributed by atoms with E-state index in [2.05, 4.69) is 10.2 Å². The average molecular weight is 267 g/mol. The summed E-state index contributed by atoms with van der Waals surface area (Å²) in [4.78, 5) is 13.3. The Balaban J connectivity index is 3.27. The van der Waals surface area contributed by atoms with Crippen LogP contribution in [0.3, 0.4) is 0 Å². The fraction of sp³-hybridized carbons (Fsp3) is 0.615. The first-order valence-corrected chi connectivity index (χ1v) is 6.38. The summed E-state index contributed by atoms with van der Waals surface area (Å²) in [5.41, 5.74) is 1.78. The number of ether oxygens (including phenoxy) is 1. The molecule has 1 aromatic heterocycles. The van der Waals surface area contributed by atoms with Crippen LogP contribution in [0.25, 0.3) is 0 Å². The van der Waals surface area contributed by atoms with Gasteiger partial charge in [-0.15, -0.1) is 5.10 Å². The van der Waals surface area contributed by atoms with Gasteiger partial charge in [0.25, 0.3) is 0 Å². The topological polar surface area (TPSA) is 75.5 Å². The van der Waals surface area contributed by atoms with E-state index in [9.17, 15) is 9.90 Å². The third-order valence-electron chi connectivity index (χ3n) is 3.03. The number of anilines is 1. The predicted octanol–water partition coefficient (Wildman–Crippen LogP) is 1.38. The molecule has 0 amide bonds. The van der Waals surface area contributed by atoms with Gasteiger partial charge in [-0.3, -0.25) is 0 Å². The first-order chi connectivity index (χ1) is 9.06. The highest BCUT2D eigenvalue weighted by atomic mass is 16.5. The van der Waals surface area contributed by atoms with Gasteiger partial charge < -0.3 is 14.7 Å². The molecule has 1 N–H and O–H groups in total. The van der Waals surface area contributed by atoms with Gasteiger partial charge in [0.05, 0.1) is 12.3 Å². The molecule has 1 rings (SSSR count). The molecule has 0 saturated carbocycles. The first-order valence-electron chi connectivity index (χ1n) is 6.38. The van der Waals surface area contributed by atoms with Crippen LogP contribution in [0.5, 0.6) is 0 Å². The van der Waals surface area contributed by atoms with Gasteiger partial charge in [-0.2, -0.15) is 5.10 Å². The van der Waals surface area contributed by atoms with E-state index in [1.807, 2.05) is 13.8 Å². The molecule has 0 aliphatic carbocycles. The van der Waals surface area contributed by atoms with Gasteiger partial charge in [-0.1, -0.05) is 13.8 Å². The van der Waals surface area contributed by atoms with Crippen LogP contribution in [0.2, 0.25) is 0 Å². The van der Waals surface area contributed by atoms with Crippen LogP contribution >= 0.6 is 0 Å². The maximum Gasteiger partial charge on any atom is 0.339 e. The lowest BCUT2D eigenvalue weighted by Crippen LogP contribution is -2.27. The normalized spacial score (nSPS) is 10.5. The monoisotopic (exact) mass is 267 g/mol. The molecule has 0 radical (unpaired) electrons. The summed E-state index contributed by atoms with van der Waals surface area (Å²) in [5.74, 6) is -0.556. The molecule has 0 saturated heterocycles. The molecule has 0 aliphatic rings. The minimum absolute atomic E-state index is 0.257. The van der Waals surface area contributed by atoms with Gasteiger partial charge in [-0.25, -0.2) is 4.79 Å². The van der Waals surface area contributed by atoms with Crippen molar-refractivity contribution in [2.45, 2.75) is 26.7 Å². The second-order valence-electron chi connectivity index (χ2n) is 4.25. The van der Waals surface area contributed by atoms with Gasteiger partial charge in [0.2, 0.25) is 0 Å². The maximum absolute atomic E-state index is 11.5. The Hall–Kier alpha value is -1.69. The summed E-state index contributed by atoms with van der Waals surface area (Å²) in [7, 11) is 3.40. The number of aryl methyl sites for hydroxylation is 1. The zero-order valence-electron chi connectivity index (χ0n) is 11.9. The quantitative estimate of drug-likeness (QED) is 0.804. The molecular weight excluding hydrogens is 246 g/mol. The van der Waals surface area contributed by atoms with E-state index in [-0.39, 0.29) is 5.56 Å². The Morgan fingerprint density at radius 1 is 1.32 bits per heavy atom. The van der Waals surface area contributed by atoms with E-state index in [0.717, 1.165) is 11.3 Å². The molecule has 106 valence electrons. The number of likely N-dealkylation sites (N-methyl/N-ethyl adjacent to an activating group) is 1. The van der Waals surface area contributed by atoms with Crippen molar-refractivity contribution in [3.63, 3.8) is 0 Å². The highest BCUT2D eigenvalue weighted by Gasteiger charge is 2.22. The zero-order valence-corrected chi connectivity index (χ0v) is 11.9. The molecule has 0 spiro atoms. The molecule has 1 heterocycles. The molecule has 0 unspecified atom stereocenters. The van der Waals surface area contributed by atoms with Crippen LogP contribution < -0.4 is 4.90 Å². The lowest BCUT2D eigenvalue weighted by molar-refractivity contribution is 0.0695. The highest BCUT2D eigenvalue weighted by Crippen LogP contribution is 2.23. The van der Waals surface area contributed by atoms with E-state index in [1.165, 1.54) is 0 Å². The van der Waals surface area contributed by atoms with E-state index < -0.39 is 5.97 Å². The standard InChI is InChI=1S/C13H21N3O3/c1-5-9-10(6-2)14-15-12(11(9)13(17)18)16(3)7-8-19-4/h5-8H2,1-4H3,(H,17,18). The summed E-state index contributed by atoms with van der Waals surface area (Å²) in [6.07, 6.45) is 1.31. The fourth-order valence-electron chi connectivity index (χ4n) is 1.99. The molecule has 6 nitrogen and oxygen atoms in total. The predicted molar refractivity (Wildman–Crippen MR) is 72.9 cm³/mol. The lowest BCUT2D eigenvalue weighted by Gasteiger charge is -2.21. The van der Waals surface area contributed by atoms with Crippen molar-refractivity contribution in [1.82, 2.24) is 10.2 Å². The minimum Gasteiger partial charge on any atom is -0.478 e. The molecule has 0 atom stereocenters. The third-order valence-corrected chi connectivity index (χ3v) is 3.03. The van der Waals surface area contributed by atoms with Gasteiger partial charge >= 0.3 is 5.97 Å². The molecule has 6 heteroatoms. The van der Waals surface area contributed by atoms with E-state index in [1.54, 1.807) is 19.1 Å². The number of hydrogen-bond donors (Lipinski definition) is 1. The molecule has 1 aromatic rings. The number of carbonyl (C=O) groups is 1. The number of rotatable bonds is 7. The molecule has 0 bridgehead atoms. The van der Waals surface area contributed by atoms with Crippen molar-refractivity contribution in [2.24, 2.45) is 0 Å².